The second kappa shape index (κ2) is 8.52. The van der Waals surface area contributed by atoms with Crippen molar-refractivity contribution in [1.29, 1.82) is 0 Å². The number of aryl methyl sites for hydroxylation is 1. The van der Waals surface area contributed by atoms with E-state index in [2.05, 4.69) is 0 Å². The summed E-state index contributed by atoms with van der Waals surface area (Å²) < 4.78 is 44.5. The summed E-state index contributed by atoms with van der Waals surface area (Å²) in [6.07, 6.45) is -4.42. The van der Waals surface area contributed by atoms with Crippen molar-refractivity contribution in [2.75, 3.05) is 27.2 Å². The van der Waals surface area contributed by atoms with Crippen molar-refractivity contribution in [3.05, 3.63) is 35.4 Å². The first kappa shape index (κ1) is 23.5. The lowest BCUT2D eigenvalue weighted by Gasteiger charge is -2.50. The van der Waals surface area contributed by atoms with Crippen LogP contribution in [0.5, 0.6) is 0 Å². The molecule has 1 aromatic carbocycles. The fraction of sp³-hybridized carbons (Fsp3) is 0.667. The van der Waals surface area contributed by atoms with Gasteiger partial charge in [-0.05, 0) is 65.8 Å². The molecule has 1 N–H and O–H groups in total. The number of likely N-dealkylation sites (N-methyl/N-ethyl adjacent to an activating group) is 1. The maximum Gasteiger partial charge on any atom is 0.416 e. The summed E-state index contributed by atoms with van der Waals surface area (Å²) >= 11 is 0. The SMILES string of the molecule is CN(C)[C@@]1(CCc2cccc(C(F)(F)F)c2)CN(C(=O)OC(C)(C)C)CC[C@@H]1O. The van der Waals surface area contributed by atoms with E-state index in [1.54, 1.807) is 31.7 Å². The molecule has 1 aliphatic heterocycles. The molecule has 164 valence electrons. The Hall–Kier alpha value is -1.80. The van der Waals surface area contributed by atoms with Crippen LogP contribution in [0.25, 0.3) is 0 Å². The van der Waals surface area contributed by atoms with E-state index < -0.39 is 35.1 Å². The van der Waals surface area contributed by atoms with Gasteiger partial charge in [0, 0.05) is 13.1 Å². The molecule has 0 spiro atoms. The van der Waals surface area contributed by atoms with Crippen molar-refractivity contribution in [2.45, 2.75) is 63.5 Å². The molecule has 0 unspecified atom stereocenters. The smallest absolute Gasteiger partial charge is 0.416 e. The predicted molar refractivity (Wildman–Crippen MR) is 105 cm³/mol. The molecule has 1 saturated heterocycles. The van der Waals surface area contributed by atoms with E-state index in [4.69, 9.17) is 4.74 Å². The summed E-state index contributed by atoms with van der Waals surface area (Å²) in [4.78, 5) is 16.0. The Morgan fingerprint density at radius 1 is 1.31 bits per heavy atom. The topological polar surface area (TPSA) is 53.0 Å². The minimum Gasteiger partial charge on any atom is -0.444 e. The monoisotopic (exact) mass is 416 g/mol. The fourth-order valence-electron chi connectivity index (χ4n) is 3.72. The Bertz CT molecular complexity index is 716. The summed E-state index contributed by atoms with van der Waals surface area (Å²) in [5, 5.41) is 10.8. The van der Waals surface area contributed by atoms with Crippen molar-refractivity contribution >= 4 is 6.09 Å². The van der Waals surface area contributed by atoms with E-state index in [-0.39, 0.29) is 6.54 Å². The van der Waals surface area contributed by atoms with Crippen LogP contribution in [-0.4, -0.2) is 65.4 Å². The first-order chi connectivity index (χ1) is 13.2. The summed E-state index contributed by atoms with van der Waals surface area (Å²) in [5.74, 6) is 0. The first-order valence-electron chi connectivity index (χ1n) is 9.74. The lowest BCUT2D eigenvalue weighted by Crippen LogP contribution is -2.65. The zero-order chi connectivity index (χ0) is 22.0. The zero-order valence-electron chi connectivity index (χ0n) is 17.7. The number of amides is 1. The van der Waals surface area contributed by atoms with E-state index in [0.29, 0.717) is 31.4 Å². The highest BCUT2D eigenvalue weighted by molar-refractivity contribution is 5.68. The number of aliphatic hydroxyl groups excluding tert-OH is 1. The number of hydrogen-bond donors (Lipinski definition) is 1. The standard InChI is InChI=1S/C21H31F3N2O3/c1-19(2,3)29-18(28)26-12-10-17(27)20(14-26,25(4)5)11-9-15-7-6-8-16(13-15)21(22,23)24/h6-8,13,17,27H,9-12,14H2,1-5H3/t17-,20-/m0/s1. The van der Waals surface area contributed by atoms with Crippen LogP contribution in [0.3, 0.4) is 0 Å². The van der Waals surface area contributed by atoms with Gasteiger partial charge in [-0.3, -0.25) is 4.90 Å². The third-order valence-electron chi connectivity index (χ3n) is 5.40. The van der Waals surface area contributed by atoms with Gasteiger partial charge in [-0.25, -0.2) is 4.79 Å². The van der Waals surface area contributed by atoms with E-state index in [1.165, 1.54) is 6.07 Å². The first-order valence-corrected chi connectivity index (χ1v) is 9.74. The van der Waals surface area contributed by atoms with Gasteiger partial charge < -0.3 is 14.7 Å². The molecule has 1 heterocycles. The van der Waals surface area contributed by atoms with Crippen molar-refractivity contribution in [1.82, 2.24) is 9.80 Å². The third-order valence-corrected chi connectivity index (χ3v) is 5.40. The molecule has 0 bridgehead atoms. The van der Waals surface area contributed by atoms with E-state index in [1.807, 2.05) is 19.0 Å². The number of benzene rings is 1. The number of halogens is 3. The van der Waals surface area contributed by atoms with Gasteiger partial charge in [0.05, 0.1) is 17.2 Å². The van der Waals surface area contributed by atoms with Crippen LogP contribution in [-0.2, 0) is 17.3 Å². The lowest BCUT2D eigenvalue weighted by atomic mass is 9.80. The Balaban J connectivity index is 2.20. The molecule has 2 rings (SSSR count). The molecule has 2 atom stereocenters. The van der Waals surface area contributed by atoms with Gasteiger partial charge in [0.25, 0.3) is 0 Å². The van der Waals surface area contributed by atoms with Gasteiger partial charge in [0.2, 0.25) is 0 Å². The second-order valence-corrected chi connectivity index (χ2v) is 8.90. The van der Waals surface area contributed by atoms with Crippen LogP contribution in [0.4, 0.5) is 18.0 Å². The summed E-state index contributed by atoms with van der Waals surface area (Å²) in [5.41, 5.74) is -1.55. The minimum atomic E-state index is -4.40. The van der Waals surface area contributed by atoms with Crippen LogP contribution >= 0.6 is 0 Å². The maximum absolute atomic E-state index is 13.0. The van der Waals surface area contributed by atoms with Gasteiger partial charge in [0.1, 0.15) is 5.60 Å². The van der Waals surface area contributed by atoms with E-state index in [0.717, 1.165) is 12.1 Å². The van der Waals surface area contributed by atoms with Gasteiger partial charge in [-0.2, -0.15) is 13.2 Å². The lowest BCUT2D eigenvalue weighted by molar-refractivity contribution is -0.137. The highest BCUT2D eigenvalue weighted by Crippen LogP contribution is 2.33. The number of alkyl halides is 3. The maximum atomic E-state index is 13.0. The Labute approximate surface area is 170 Å². The molecule has 0 aromatic heterocycles. The molecular formula is C21H31F3N2O3. The molecule has 0 saturated carbocycles. The Kier molecular flexibility index (Phi) is 6.89. The highest BCUT2D eigenvalue weighted by Gasteiger charge is 2.46. The number of carbonyl (C=O) groups is 1. The average Bonchev–Trinajstić information content (AvgIpc) is 2.59. The quantitative estimate of drug-likeness (QED) is 0.808. The van der Waals surface area contributed by atoms with Gasteiger partial charge in [-0.15, -0.1) is 0 Å². The van der Waals surface area contributed by atoms with Crippen molar-refractivity contribution < 1.29 is 27.8 Å². The molecule has 1 aromatic rings. The summed E-state index contributed by atoms with van der Waals surface area (Å²) in [6.45, 7) is 5.98. The summed E-state index contributed by atoms with van der Waals surface area (Å²) in [6, 6.07) is 5.24. The van der Waals surface area contributed by atoms with Crippen LogP contribution in [0.1, 0.15) is 44.7 Å². The van der Waals surface area contributed by atoms with Gasteiger partial charge in [0.15, 0.2) is 0 Å². The number of rotatable bonds is 4. The molecular weight excluding hydrogens is 385 g/mol. The molecule has 8 heteroatoms. The van der Waals surface area contributed by atoms with E-state index in [9.17, 15) is 23.1 Å². The fourth-order valence-corrected chi connectivity index (χ4v) is 3.72. The van der Waals surface area contributed by atoms with Crippen LogP contribution < -0.4 is 0 Å². The number of hydrogen-bond acceptors (Lipinski definition) is 4. The molecule has 29 heavy (non-hydrogen) atoms. The normalized spacial score (nSPS) is 23.4. The molecule has 1 fully saturated rings. The highest BCUT2D eigenvalue weighted by atomic mass is 19.4. The van der Waals surface area contributed by atoms with Crippen LogP contribution in [0, 0.1) is 0 Å². The summed E-state index contributed by atoms with van der Waals surface area (Å²) in [7, 11) is 3.63. The number of likely N-dealkylation sites (tertiary alicyclic amines) is 1. The van der Waals surface area contributed by atoms with Crippen molar-refractivity contribution in [2.24, 2.45) is 0 Å². The molecule has 5 nitrogen and oxygen atoms in total. The molecule has 0 aliphatic carbocycles. The molecule has 1 aliphatic rings. The number of ether oxygens (including phenoxy) is 1. The molecule has 1 amide bonds. The number of carbonyl (C=O) groups excluding carboxylic acids is 1. The Morgan fingerprint density at radius 3 is 2.52 bits per heavy atom. The largest absolute Gasteiger partial charge is 0.444 e. The van der Waals surface area contributed by atoms with Crippen molar-refractivity contribution in [3.63, 3.8) is 0 Å². The van der Waals surface area contributed by atoms with Gasteiger partial charge >= 0.3 is 12.3 Å². The zero-order valence-corrected chi connectivity index (χ0v) is 17.7. The molecule has 0 radical (unpaired) electrons. The Morgan fingerprint density at radius 2 is 1.97 bits per heavy atom. The van der Waals surface area contributed by atoms with Gasteiger partial charge in [-0.1, -0.05) is 18.2 Å². The van der Waals surface area contributed by atoms with Crippen LogP contribution in [0.15, 0.2) is 24.3 Å². The number of aliphatic hydroxyl groups is 1. The van der Waals surface area contributed by atoms with Crippen LogP contribution in [0.2, 0.25) is 0 Å². The minimum absolute atomic E-state index is 0.245. The number of nitrogens with zero attached hydrogens (tertiary/aromatic N) is 2. The third kappa shape index (κ3) is 5.85. The van der Waals surface area contributed by atoms with E-state index >= 15 is 0 Å². The average molecular weight is 416 g/mol. The van der Waals surface area contributed by atoms with Crippen molar-refractivity contribution in [3.8, 4) is 0 Å². The number of piperidine rings is 1. The second-order valence-electron chi connectivity index (χ2n) is 8.90. The predicted octanol–water partition coefficient (Wildman–Crippen LogP) is 3.94.